The molecule has 3 aromatic rings. The minimum Gasteiger partial charge on any atom is -0.166 e. The molecule has 0 atom stereocenters. The summed E-state index contributed by atoms with van der Waals surface area (Å²) in [6.45, 7) is 0. The molecule has 0 amide bonds. The number of hydrogen-bond acceptors (Lipinski definition) is 0. The zero-order valence-corrected chi connectivity index (χ0v) is 15.5. The highest BCUT2D eigenvalue weighted by Crippen LogP contribution is 2.31. The molecule has 0 radical (unpaired) electrons. The van der Waals surface area contributed by atoms with Crippen LogP contribution in [0.5, 0.6) is 0 Å². The van der Waals surface area contributed by atoms with Gasteiger partial charge in [-0.3, -0.25) is 0 Å². The van der Waals surface area contributed by atoms with Crippen molar-refractivity contribution in [2.75, 3.05) is 0 Å². The predicted octanol–water partition coefficient (Wildman–Crippen LogP) is 8.07. The van der Waals surface area contributed by atoms with E-state index < -0.39 is 23.5 Å². The summed E-state index contributed by atoms with van der Waals surface area (Å²) in [5.74, 6) is 0. The molecule has 0 heterocycles. The van der Waals surface area contributed by atoms with Gasteiger partial charge in [0.25, 0.3) is 0 Å². The lowest BCUT2D eigenvalue weighted by Gasteiger charge is -2.06. The van der Waals surface area contributed by atoms with Crippen LogP contribution in [-0.2, 0) is 12.4 Å². The third-order valence-electron chi connectivity index (χ3n) is 4.30. The average Bonchev–Trinajstić information content (AvgIpc) is 2.71. The largest absolute Gasteiger partial charge is 0.416 e. The van der Waals surface area contributed by atoms with Crippen molar-refractivity contribution >= 4 is 24.3 Å². The van der Waals surface area contributed by atoms with Crippen molar-refractivity contribution in [2.45, 2.75) is 12.4 Å². The summed E-state index contributed by atoms with van der Waals surface area (Å²) < 4.78 is 76.6. The van der Waals surface area contributed by atoms with Gasteiger partial charge in [0.2, 0.25) is 0 Å². The van der Waals surface area contributed by atoms with Crippen LogP contribution in [0.3, 0.4) is 0 Å². The molecule has 0 saturated carbocycles. The second-order valence-corrected chi connectivity index (χ2v) is 6.58. The molecule has 0 N–H and O–H groups in total. The standard InChI is InChI=1S/C24H16F6/c25-23(26,27)21-5-1-3-19(15-21)13-11-17-7-9-18(10-8-17)12-14-20-4-2-6-22(16-20)24(28,29)30/h1-16H. The summed E-state index contributed by atoms with van der Waals surface area (Å²) in [6, 6.07) is 17.1. The summed E-state index contributed by atoms with van der Waals surface area (Å²) in [5.41, 5.74) is 1.00. The second kappa shape index (κ2) is 8.61. The van der Waals surface area contributed by atoms with Gasteiger partial charge in [-0.2, -0.15) is 26.3 Å². The molecule has 0 saturated heterocycles. The summed E-state index contributed by atoms with van der Waals surface area (Å²) in [6.07, 6.45) is -2.23. The third kappa shape index (κ3) is 5.86. The van der Waals surface area contributed by atoms with E-state index >= 15 is 0 Å². The van der Waals surface area contributed by atoms with Gasteiger partial charge in [0, 0.05) is 0 Å². The molecular formula is C24H16F6. The maximum atomic E-state index is 12.8. The van der Waals surface area contributed by atoms with E-state index in [1.165, 1.54) is 12.1 Å². The maximum Gasteiger partial charge on any atom is 0.416 e. The number of alkyl halides is 6. The first kappa shape index (κ1) is 21.4. The Morgan fingerprint density at radius 1 is 0.433 bits per heavy atom. The highest BCUT2D eigenvalue weighted by atomic mass is 19.4. The van der Waals surface area contributed by atoms with Crippen molar-refractivity contribution in [3.05, 3.63) is 106 Å². The van der Waals surface area contributed by atoms with Crippen LogP contribution in [0.25, 0.3) is 24.3 Å². The zero-order chi connectivity index (χ0) is 21.8. The molecule has 0 aliphatic heterocycles. The van der Waals surface area contributed by atoms with Crippen LogP contribution in [0.4, 0.5) is 26.3 Å². The Bertz CT molecular complexity index is 968. The van der Waals surface area contributed by atoms with E-state index in [0.717, 1.165) is 35.4 Å². The molecule has 0 unspecified atom stereocenters. The zero-order valence-electron chi connectivity index (χ0n) is 15.5. The lowest BCUT2D eigenvalue weighted by atomic mass is 10.1. The highest BCUT2D eigenvalue weighted by molar-refractivity contribution is 5.73. The maximum absolute atomic E-state index is 12.8. The first-order chi connectivity index (χ1) is 14.1. The van der Waals surface area contributed by atoms with E-state index in [4.69, 9.17) is 0 Å². The lowest BCUT2D eigenvalue weighted by Crippen LogP contribution is -2.04. The fourth-order valence-electron chi connectivity index (χ4n) is 2.74. The summed E-state index contributed by atoms with van der Waals surface area (Å²) >= 11 is 0. The summed E-state index contributed by atoms with van der Waals surface area (Å²) in [4.78, 5) is 0. The molecule has 0 aliphatic carbocycles. The minimum absolute atomic E-state index is 0.429. The van der Waals surface area contributed by atoms with Crippen LogP contribution in [-0.4, -0.2) is 0 Å². The van der Waals surface area contributed by atoms with Crippen molar-refractivity contribution in [1.29, 1.82) is 0 Å². The first-order valence-corrected chi connectivity index (χ1v) is 8.92. The molecule has 6 heteroatoms. The van der Waals surface area contributed by atoms with Crippen LogP contribution < -0.4 is 0 Å². The molecule has 0 aliphatic rings. The van der Waals surface area contributed by atoms with Gasteiger partial charge in [0.05, 0.1) is 11.1 Å². The summed E-state index contributed by atoms with van der Waals surface area (Å²) in [5, 5.41) is 0. The highest BCUT2D eigenvalue weighted by Gasteiger charge is 2.30. The number of halogens is 6. The van der Waals surface area contributed by atoms with Gasteiger partial charge >= 0.3 is 12.4 Å². The van der Waals surface area contributed by atoms with Crippen LogP contribution in [0, 0.1) is 0 Å². The number of benzene rings is 3. The lowest BCUT2D eigenvalue weighted by molar-refractivity contribution is -0.138. The van der Waals surface area contributed by atoms with E-state index in [2.05, 4.69) is 0 Å². The molecule has 0 bridgehead atoms. The third-order valence-corrected chi connectivity index (χ3v) is 4.30. The topological polar surface area (TPSA) is 0 Å². The van der Waals surface area contributed by atoms with Gasteiger partial charge in [-0.15, -0.1) is 0 Å². The molecule has 3 rings (SSSR count). The molecule has 3 aromatic carbocycles. The molecule has 0 nitrogen and oxygen atoms in total. The van der Waals surface area contributed by atoms with Crippen molar-refractivity contribution in [2.24, 2.45) is 0 Å². The van der Waals surface area contributed by atoms with E-state index in [1.54, 1.807) is 60.7 Å². The van der Waals surface area contributed by atoms with Gasteiger partial charge in [0.15, 0.2) is 0 Å². The quantitative estimate of drug-likeness (QED) is 0.297. The van der Waals surface area contributed by atoms with Gasteiger partial charge in [0.1, 0.15) is 0 Å². The Morgan fingerprint density at radius 3 is 1.10 bits per heavy atom. The first-order valence-electron chi connectivity index (χ1n) is 8.92. The Hall–Kier alpha value is -3.28. The molecule has 0 aromatic heterocycles. The average molecular weight is 418 g/mol. The predicted molar refractivity (Wildman–Crippen MR) is 107 cm³/mol. The summed E-state index contributed by atoms with van der Waals surface area (Å²) in [7, 11) is 0. The Balaban J connectivity index is 1.70. The number of rotatable bonds is 4. The molecule has 0 spiro atoms. The fourth-order valence-corrected chi connectivity index (χ4v) is 2.74. The van der Waals surface area contributed by atoms with Crippen molar-refractivity contribution < 1.29 is 26.3 Å². The Kier molecular flexibility index (Phi) is 6.15. The number of hydrogen-bond donors (Lipinski definition) is 0. The van der Waals surface area contributed by atoms with E-state index in [-0.39, 0.29) is 0 Å². The smallest absolute Gasteiger partial charge is 0.166 e. The van der Waals surface area contributed by atoms with E-state index in [9.17, 15) is 26.3 Å². The van der Waals surface area contributed by atoms with Crippen molar-refractivity contribution in [1.82, 2.24) is 0 Å². The monoisotopic (exact) mass is 418 g/mol. The van der Waals surface area contributed by atoms with Crippen LogP contribution in [0.15, 0.2) is 72.8 Å². The van der Waals surface area contributed by atoms with E-state index in [1.807, 2.05) is 0 Å². The molecule has 0 fully saturated rings. The van der Waals surface area contributed by atoms with Gasteiger partial charge in [-0.25, -0.2) is 0 Å². The van der Waals surface area contributed by atoms with Crippen LogP contribution in [0.2, 0.25) is 0 Å². The van der Waals surface area contributed by atoms with Crippen LogP contribution in [0.1, 0.15) is 33.4 Å². The molecule has 30 heavy (non-hydrogen) atoms. The molecular weight excluding hydrogens is 402 g/mol. The Labute approximate surface area is 169 Å². The van der Waals surface area contributed by atoms with Gasteiger partial charge < -0.3 is 0 Å². The van der Waals surface area contributed by atoms with Crippen molar-refractivity contribution in [3.8, 4) is 0 Å². The van der Waals surface area contributed by atoms with Crippen molar-refractivity contribution in [3.63, 3.8) is 0 Å². The minimum atomic E-state index is -4.39. The molecule has 154 valence electrons. The normalized spacial score (nSPS) is 12.7. The Morgan fingerprint density at radius 2 is 0.767 bits per heavy atom. The SMILES string of the molecule is FC(F)(F)c1cccc(C=Cc2ccc(C=Cc3cccc(C(F)(F)F)c3)cc2)c1. The van der Waals surface area contributed by atoms with Gasteiger partial charge in [-0.05, 0) is 46.5 Å². The van der Waals surface area contributed by atoms with Crippen LogP contribution >= 0.6 is 0 Å². The van der Waals surface area contributed by atoms with E-state index in [0.29, 0.717) is 11.1 Å². The second-order valence-electron chi connectivity index (χ2n) is 6.58. The fraction of sp³-hybridized carbons (Fsp3) is 0.0833. The van der Waals surface area contributed by atoms with Gasteiger partial charge in [-0.1, -0.05) is 72.8 Å².